The molecule has 8 heteroatoms. The lowest BCUT2D eigenvalue weighted by molar-refractivity contribution is -0.126. The number of ether oxygens (including phenoxy) is 2. The molecule has 1 fully saturated rings. The lowest BCUT2D eigenvalue weighted by Gasteiger charge is -2.34. The van der Waals surface area contributed by atoms with Crippen LogP contribution in [0.2, 0.25) is 0 Å². The minimum absolute atomic E-state index is 0.179. The number of piperazine rings is 1. The number of aromatic nitrogens is 2. The summed E-state index contributed by atoms with van der Waals surface area (Å²) < 4.78 is 10.2. The summed E-state index contributed by atoms with van der Waals surface area (Å²) in [4.78, 5) is 36.6. The molecule has 2 aromatic rings. The number of ketones is 1. The fourth-order valence-corrected chi connectivity index (χ4v) is 2.87. The maximum absolute atomic E-state index is 12.4. The van der Waals surface area contributed by atoms with Gasteiger partial charge in [-0.05, 0) is 30.3 Å². The summed E-state index contributed by atoms with van der Waals surface area (Å²) in [6, 6.07) is 8.54. The van der Waals surface area contributed by atoms with Crippen molar-refractivity contribution in [1.29, 1.82) is 0 Å². The van der Waals surface area contributed by atoms with Crippen molar-refractivity contribution < 1.29 is 19.1 Å². The molecule has 1 aromatic carbocycles. The van der Waals surface area contributed by atoms with Gasteiger partial charge >= 0.3 is 0 Å². The fraction of sp³-hybridized carbons (Fsp3) is 0.300. The number of carbonyl (C=O) groups excluding carboxylic acids is 2. The van der Waals surface area contributed by atoms with Crippen molar-refractivity contribution in [2.24, 2.45) is 0 Å². The van der Waals surface area contributed by atoms with Gasteiger partial charge in [0, 0.05) is 43.9 Å². The summed E-state index contributed by atoms with van der Waals surface area (Å²) in [6.45, 7) is 2.39. The van der Waals surface area contributed by atoms with Crippen molar-refractivity contribution in [3.8, 4) is 11.6 Å². The second-order valence-corrected chi connectivity index (χ2v) is 6.16. The molecule has 0 atom stereocenters. The number of nitrogens with zero attached hydrogens (tertiary/aromatic N) is 4. The predicted octanol–water partition coefficient (Wildman–Crippen LogP) is 1.58. The van der Waals surface area contributed by atoms with E-state index in [1.54, 1.807) is 49.5 Å². The Balaban J connectivity index is 1.54. The summed E-state index contributed by atoms with van der Waals surface area (Å²) in [6.07, 6.45) is 4.10. The van der Waals surface area contributed by atoms with Crippen LogP contribution in [0.1, 0.15) is 10.4 Å². The summed E-state index contributed by atoms with van der Waals surface area (Å²) in [5.41, 5.74) is 0.507. The molecule has 28 heavy (non-hydrogen) atoms. The molecular weight excluding hydrogens is 360 g/mol. The van der Waals surface area contributed by atoms with Crippen LogP contribution in [-0.2, 0) is 4.79 Å². The Morgan fingerprint density at radius 1 is 0.964 bits per heavy atom. The van der Waals surface area contributed by atoms with E-state index in [0.717, 1.165) is 5.82 Å². The standard InChI is InChI=1S/C20H22N4O4/c1-27-16-5-3-15(4-6-16)17(25)7-8-20(26)24-11-9-23(10-12-24)18-13-19(28-2)22-14-21-18/h3-8,13-14H,9-12H2,1-2H3/b8-7+. The van der Waals surface area contributed by atoms with Gasteiger partial charge in [0.1, 0.15) is 17.9 Å². The monoisotopic (exact) mass is 382 g/mol. The van der Waals surface area contributed by atoms with Crippen LogP contribution in [0.4, 0.5) is 5.82 Å². The highest BCUT2D eigenvalue weighted by atomic mass is 16.5. The molecule has 1 saturated heterocycles. The quantitative estimate of drug-likeness (QED) is 0.554. The third-order valence-electron chi connectivity index (χ3n) is 4.50. The molecule has 2 heterocycles. The number of anilines is 1. The maximum Gasteiger partial charge on any atom is 0.246 e. The Labute approximate surface area is 163 Å². The molecule has 1 aliphatic heterocycles. The zero-order chi connectivity index (χ0) is 19.9. The highest BCUT2D eigenvalue weighted by Crippen LogP contribution is 2.17. The third-order valence-corrected chi connectivity index (χ3v) is 4.50. The average molecular weight is 382 g/mol. The molecule has 0 radical (unpaired) electrons. The topological polar surface area (TPSA) is 84.9 Å². The summed E-state index contributed by atoms with van der Waals surface area (Å²) >= 11 is 0. The Morgan fingerprint density at radius 2 is 1.68 bits per heavy atom. The van der Waals surface area contributed by atoms with Crippen molar-refractivity contribution in [1.82, 2.24) is 14.9 Å². The van der Waals surface area contributed by atoms with Gasteiger partial charge in [-0.25, -0.2) is 9.97 Å². The van der Waals surface area contributed by atoms with Crippen LogP contribution < -0.4 is 14.4 Å². The van der Waals surface area contributed by atoms with Crippen LogP contribution in [0.25, 0.3) is 0 Å². The number of hydrogen-bond donors (Lipinski definition) is 0. The van der Waals surface area contributed by atoms with Gasteiger partial charge in [0.2, 0.25) is 11.8 Å². The number of methoxy groups -OCH3 is 2. The summed E-state index contributed by atoms with van der Waals surface area (Å²) in [5.74, 6) is 1.55. The molecule has 3 rings (SSSR count). The molecule has 0 spiro atoms. The Hall–Kier alpha value is -3.42. The Bertz CT molecular complexity index is 859. The highest BCUT2D eigenvalue weighted by Gasteiger charge is 2.21. The second kappa shape index (κ2) is 8.98. The number of carbonyl (C=O) groups is 2. The van der Waals surface area contributed by atoms with Crippen molar-refractivity contribution in [2.45, 2.75) is 0 Å². The van der Waals surface area contributed by atoms with E-state index in [4.69, 9.17) is 9.47 Å². The molecule has 0 bridgehead atoms. The first-order valence-corrected chi connectivity index (χ1v) is 8.87. The van der Waals surface area contributed by atoms with Crippen molar-refractivity contribution in [2.75, 3.05) is 45.3 Å². The maximum atomic E-state index is 12.4. The minimum Gasteiger partial charge on any atom is -0.497 e. The van der Waals surface area contributed by atoms with E-state index in [0.29, 0.717) is 43.4 Å². The van der Waals surface area contributed by atoms with Crippen LogP contribution in [-0.4, -0.2) is 67.0 Å². The van der Waals surface area contributed by atoms with E-state index >= 15 is 0 Å². The lowest BCUT2D eigenvalue weighted by atomic mass is 10.1. The van der Waals surface area contributed by atoms with Gasteiger partial charge < -0.3 is 19.3 Å². The second-order valence-electron chi connectivity index (χ2n) is 6.16. The molecule has 0 unspecified atom stereocenters. The normalized spacial score (nSPS) is 14.2. The van der Waals surface area contributed by atoms with Crippen molar-refractivity contribution in [3.05, 3.63) is 54.4 Å². The van der Waals surface area contributed by atoms with Crippen molar-refractivity contribution in [3.63, 3.8) is 0 Å². The molecule has 1 aliphatic rings. The van der Waals surface area contributed by atoms with Crippen LogP contribution >= 0.6 is 0 Å². The van der Waals surface area contributed by atoms with Crippen LogP contribution in [0.3, 0.4) is 0 Å². The summed E-state index contributed by atoms with van der Waals surface area (Å²) in [5, 5.41) is 0. The van der Waals surface area contributed by atoms with E-state index in [1.807, 2.05) is 0 Å². The molecule has 8 nitrogen and oxygen atoms in total. The molecule has 1 amide bonds. The Kier molecular flexibility index (Phi) is 6.21. The first-order chi connectivity index (χ1) is 13.6. The van der Waals surface area contributed by atoms with Gasteiger partial charge in [0.05, 0.1) is 14.2 Å². The van der Waals surface area contributed by atoms with E-state index in [2.05, 4.69) is 14.9 Å². The van der Waals surface area contributed by atoms with Gasteiger partial charge in [-0.2, -0.15) is 0 Å². The van der Waals surface area contributed by atoms with Gasteiger partial charge in [-0.3, -0.25) is 9.59 Å². The van der Waals surface area contributed by atoms with Crippen LogP contribution in [0, 0.1) is 0 Å². The van der Waals surface area contributed by atoms with Gasteiger partial charge in [0.15, 0.2) is 5.78 Å². The van der Waals surface area contributed by atoms with E-state index in [-0.39, 0.29) is 11.7 Å². The van der Waals surface area contributed by atoms with Gasteiger partial charge in [-0.1, -0.05) is 0 Å². The summed E-state index contributed by atoms with van der Waals surface area (Å²) in [7, 11) is 3.12. The first-order valence-electron chi connectivity index (χ1n) is 8.87. The number of rotatable bonds is 6. The largest absolute Gasteiger partial charge is 0.497 e. The van der Waals surface area contributed by atoms with Gasteiger partial charge in [-0.15, -0.1) is 0 Å². The third kappa shape index (κ3) is 4.64. The number of hydrogen-bond acceptors (Lipinski definition) is 7. The van der Waals surface area contributed by atoms with Crippen molar-refractivity contribution >= 4 is 17.5 Å². The van der Waals surface area contributed by atoms with E-state index < -0.39 is 0 Å². The molecular formula is C20H22N4O4. The van der Waals surface area contributed by atoms with Crippen LogP contribution in [0.5, 0.6) is 11.6 Å². The number of amides is 1. The lowest BCUT2D eigenvalue weighted by Crippen LogP contribution is -2.48. The van der Waals surface area contributed by atoms with Gasteiger partial charge in [0.25, 0.3) is 0 Å². The molecule has 0 saturated carbocycles. The molecule has 0 N–H and O–H groups in total. The predicted molar refractivity (Wildman–Crippen MR) is 104 cm³/mol. The smallest absolute Gasteiger partial charge is 0.246 e. The first kappa shape index (κ1) is 19.3. The van der Waals surface area contributed by atoms with E-state index in [1.165, 1.54) is 18.5 Å². The number of benzene rings is 1. The zero-order valence-electron chi connectivity index (χ0n) is 15.9. The van der Waals surface area contributed by atoms with E-state index in [9.17, 15) is 9.59 Å². The molecule has 0 aliphatic carbocycles. The Morgan fingerprint density at radius 3 is 2.32 bits per heavy atom. The zero-order valence-corrected chi connectivity index (χ0v) is 15.9. The SMILES string of the molecule is COc1ccc(C(=O)/C=C/C(=O)N2CCN(c3cc(OC)ncn3)CC2)cc1. The fourth-order valence-electron chi connectivity index (χ4n) is 2.87. The molecule has 1 aromatic heterocycles. The molecule has 146 valence electrons. The average Bonchev–Trinajstić information content (AvgIpc) is 2.77. The minimum atomic E-state index is -0.220. The highest BCUT2D eigenvalue weighted by molar-refractivity contribution is 6.07. The number of allylic oxidation sites excluding steroid dienone is 1. The van der Waals surface area contributed by atoms with Crippen LogP contribution in [0.15, 0.2) is 48.8 Å².